The highest BCUT2D eigenvalue weighted by atomic mass is 32.2. The van der Waals surface area contributed by atoms with E-state index in [-0.39, 0.29) is 67.3 Å². The highest BCUT2D eigenvalue weighted by Crippen LogP contribution is 2.52. The van der Waals surface area contributed by atoms with Gasteiger partial charge in [-0.1, -0.05) is 99.7 Å². The van der Waals surface area contributed by atoms with Gasteiger partial charge in [-0.2, -0.15) is 38.2 Å². The number of aryl methyl sites for hydroxylation is 1. The molecule has 9 aliphatic rings. The van der Waals surface area contributed by atoms with E-state index < -0.39 is 48.3 Å². The number of nitrogens with zero attached hydrogens (tertiary/aromatic N) is 9. The molecule has 3 fully saturated rings. The molecule has 0 radical (unpaired) electrons. The number of hydrogen-bond donors (Lipinski definition) is 3. The smallest absolute Gasteiger partial charge is 0.303 e. The number of carbonyl (C=O) groups excluding carboxylic acids is 6. The zero-order valence-corrected chi connectivity index (χ0v) is 76.8. The average molecular weight is 1790 g/mol. The van der Waals surface area contributed by atoms with Crippen LogP contribution >= 0.6 is 0 Å². The van der Waals surface area contributed by atoms with Gasteiger partial charge < -0.3 is 42.6 Å². The van der Waals surface area contributed by atoms with Crippen molar-refractivity contribution >= 4 is 117 Å². The van der Waals surface area contributed by atoms with E-state index >= 15 is 0 Å². The van der Waals surface area contributed by atoms with E-state index in [4.69, 9.17) is 14.2 Å². The third-order valence-electron chi connectivity index (χ3n) is 27.4. The molecule has 27 nitrogen and oxygen atoms in total. The van der Waals surface area contributed by atoms with E-state index in [2.05, 4.69) is 65.1 Å². The summed E-state index contributed by atoms with van der Waals surface area (Å²) in [6, 6.07) is 34.8. The molecule has 18 rings (SSSR count). The van der Waals surface area contributed by atoms with Crippen LogP contribution in [0.25, 0.3) is 84.2 Å². The first-order valence-electron chi connectivity index (χ1n) is 44.7. The second-order valence-electron chi connectivity index (χ2n) is 35.6. The Hall–Kier alpha value is -10.7. The molecule has 3 aromatic heterocycles. The van der Waals surface area contributed by atoms with Crippen molar-refractivity contribution in [3.63, 3.8) is 0 Å². The molecule has 0 unspecified atom stereocenters. The summed E-state index contributed by atoms with van der Waals surface area (Å²) in [6.07, 6.45) is 23.4. The SMILES string of the molecule is COc1ccc2c(c1)C(C)=C1Cn3c-2c(C2CCCCC2)c2ccc(cc23)C(=O)NS(=O)(=O)N(C)CCCCN(C)C1=O.COc1ccc2c(c1)C=C1Cn3c-2c(C2CCCCC2)c2ccc(cc23)C(=O)NS(=O)(=O)N(C)CCCCN(C)C1=O.Cc1ccc2c(c1)C=C1Cn3c-2c(C2CCCCC2)c2ccc(cc23)C(=O)NS(=O)(=O)N(C)CCOCCN(C)C1=O. The Balaban J connectivity index is 0.000000140. The first kappa shape index (κ1) is 89.7. The van der Waals surface area contributed by atoms with E-state index in [9.17, 15) is 54.0 Å². The summed E-state index contributed by atoms with van der Waals surface area (Å²) in [5, 5.41) is 3.13. The molecule has 30 heteroatoms. The monoisotopic (exact) mass is 1780 g/mol. The Morgan fingerprint density at radius 1 is 0.362 bits per heavy atom. The summed E-state index contributed by atoms with van der Waals surface area (Å²) < 4.78 is 111. The van der Waals surface area contributed by atoms with Gasteiger partial charge in [0.25, 0.3) is 35.4 Å². The lowest BCUT2D eigenvalue weighted by Crippen LogP contribution is -2.42. The number of amides is 6. The van der Waals surface area contributed by atoms with Crippen LogP contribution in [-0.2, 0) is 69.4 Å². The maximum Gasteiger partial charge on any atom is 0.303 e. The highest BCUT2D eigenvalue weighted by molar-refractivity contribution is 7.88. The lowest BCUT2D eigenvalue weighted by atomic mass is 9.81. The van der Waals surface area contributed by atoms with Crippen LogP contribution in [-0.4, -0.2) is 211 Å². The minimum absolute atomic E-state index is 0.0536. The number of likely N-dealkylation sites (N-methyl/N-ethyl adjacent to an activating group) is 4. The second-order valence-corrected chi connectivity index (χ2v) is 41.0. The summed E-state index contributed by atoms with van der Waals surface area (Å²) in [4.78, 5) is 87.1. The summed E-state index contributed by atoms with van der Waals surface area (Å²) in [7, 11) is 0.875. The average Bonchev–Trinajstić information content (AvgIpc) is 1.58. The first-order chi connectivity index (χ1) is 60.9. The van der Waals surface area contributed by atoms with Crippen molar-refractivity contribution in [2.24, 2.45) is 0 Å². The molecule has 127 heavy (non-hydrogen) atoms. The lowest BCUT2D eigenvalue weighted by Gasteiger charge is -2.24. The van der Waals surface area contributed by atoms with E-state index in [0.29, 0.717) is 99.4 Å². The molecular weight excluding hydrogens is 1670 g/mol. The number of ether oxygens (including phenoxy) is 3. The number of nitrogens with one attached hydrogen (secondary N) is 3. The fourth-order valence-electron chi connectivity index (χ4n) is 20.3. The Bertz CT molecular complexity index is 6360. The van der Waals surface area contributed by atoms with Crippen molar-refractivity contribution in [3.05, 3.63) is 182 Å². The predicted molar refractivity (Wildman–Crippen MR) is 495 cm³/mol. The highest BCUT2D eigenvalue weighted by Gasteiger charge is 2.39. The molecule has 9 aromatic rings. The molecule has 9 heterocycles. The number of allylic oxidation sites excluding steroid dienone is 1. The zero-order chi connectivity index (χ0) is 89.7. The topological polar surface area (TPSA) is 303 Å². The Kier molecular flexibility index (Phi) is 26.2. The van der Waals surface area contributed by atoms with Crippen molar-refractivity contribution in [3.8, 4) is 45.3 Å². The molecule has 12 bridgehead atoms. The lowest BCUT2D eigenvalue weighted by molar-refractivity contribution is -0.127. The van der Waals surface area contributed by atoms with Crippen LogP contribution in [0.5, 0.6) is 11.5 Å². The van der Waals surface area contributed by atoms with Gasteiger partial charge in [0.2, 0.25) is 0 Å². The van der Waals surface area contributed by atoms with Crippen LogP contribution in [0.1, 0.15) is 217 Å². The minimum Gasteiger partial charge on any atom is -0.497 e. The largest absolute Gasteiger partial charge is 0.497 e. The van der Waals surface area contributed by atoms with Gasteiger partial charge in [0.1, 0.15) is 11.5 Å². The number of aromatic nitrogens is 3. The van der Waals surface area contributed by atoms with Crippen molar-refractivity contribution in [1.29, 1.82) is 0 Å². The zero-order valence-electron chi connectivity index (χ0n) is 74.4. The summed E-state index contributed by atoms with van der Waals surface area (Å²) in [5.41, 5.74) is 20.2. The molecule has 672 valence electrons. The van der Waals surface area contributed by atoms with Crippen LogP contribution < -0.4 is 23.6 Å². The van der Waals surface area contributed by atoms with Gasteiger partial charge in [0.15, 0.2) is 0 Å². The van der Waals surface area contributed by atoms with Crippen LogP contribution in [0.4, 0.5) is 0 Å². The maximum atomic E-state index is 14.2. The number of carbonyl (C=O) groups is 6. The quantitative estimate of drug-likeness (QED) is 0.144. The third kappa shape index (κ3) is 18.0. The maximum absolute atomic E-state index is 14.2. The number of rotatable bonds is 5. The predicted octanol–water partition coefficient (Wildman–Crippen LogP) is 14.7. The Labute approximate surface area is 744 Å². The molecule has 6 aromatic carbocycles. The van der Waals surface area contributed by atoms with E-state index in [1.165, 1.54) is 57.1 Å². The van der Waals surface area contributed by atoms with Crippen LogP contribution in [0.15, 0.2) is 126 Å². The molecule has 0 atom stereocenters. The van der Waals surface area contributed by atoms with Crippen molar-refractivity contribution in [2.45, 2.75) is 173 Å². The molecule has 0 spiro atoms. The second kappa shape index (κ2) is 37.2. The first-order valence-corrected chi connectivity index (χ1v) is 49.0. The summed E-state index contributed by atoms with van der Waals surface area (Å²) in [6.45, 7) is 7.35. The number of hydrogen-bond acceptors (Lipinski definition) is 15. The molecule has 3 aliphatic carbocycles. The van der Waals surface area contributed by atoms with Crippen molar-refractivity contribution in [2.75, 3.05) is 109 Å². The van der Waals surface area contributed by atoms with Crippen LogP contribution in [0.2, 0.25) is 0 Å². The third-order valence-corrected chi connectivity index (χ3v) is 31.7. The minimum atomic E-state index is -4.07. The van der Waals surface area contributed by atoms with Crippen molar-refractivity contribution in [1.82, 2.24) is 55.5 Å². The molecule has 6 aliphatic heterocycles. The fraction of sp³-hybridized carbons (Fsp3) is 0.443. The number of fused-ring (bicyclic) bond motifs is 12. The van der Waals surface area contributed by atoms with E-state index in [1.54, 1.807) is 79.4 Å². The van der Waals surface area contributed by atoms with Gasteiger partial charge in [-0.3, -0.25) is 28.8 Å². The molecule has 6 amide bonds. The van der Waals surface area contributed by atoms with Gasteiger partial charge in [-0.15, -0.1) is 0 Å². The molecular formula is C97H116N12O15S3. The van der Waals surface area contributed by atoms with E-state index in [0.717, 1.165) is 196 Å². The normalized spacial score (nSPS) is 20.5. The Morgan fingerprint density at radius 2 is 0.724 bits per heavy atom. The van der Waals surface area contributed by atoms with E-state index in [1.807, 2.05) is 68.6 Å². The standard InChI is InChI=1S/C33H40N4O5S.2C32H38N4O5S/c1-21-27-19-24(42-4)13-15-25(27)31-30(22-10-6-5-7-11-22)26-14-12-23-18-29(26)37(31)20-28(21)33(39)35(2)16-8-9-17-36(3)43(40,41)34-32(23)38;1-34-15-7-8-16-35(2)42(39,40)33-31(37)22-11-13-27-28(19-22)36-20-24(32(34)38)17-23-18-25(41-3)12-14-26(23)30(36)29(27)21-9-5-4-6-10-21;1-21-9-11-26-24(17-21)18-25-20-36-28-19-23(10-12-27(28)29(30(26)36)22-7-5-4-6-8-22)31(37)33-42(39,40)35(3)14-16-41-15-13-34(2)32(25)38/h12-15,18-19,22H,5-11,16-17,20H2,1-4H3,(H,34,38);11-14,17-19,21H,4-10,15-16,20H2,1-3H3,(H,33,37);9-12,17-19,22H,4-8,13-16,20H2,1-3H3,(H,33,37). The Morgan fingerprint density at radius 3 is 1.17 bits per heavy atom. The van der Waals surface area contributed by atoms with Gasteiger partial charge in [0.05, 0.1) is 64.1 Å². The number of methoxy groups -OCH3 is 2. The fourth-order valence-corrected chi connectivity index (χ4v) is 22.8. The van der Waals surface area contributed by atoms with Crippen molar-refractivity contribution < 1.29 is 68.2 Å². The van der Waals surface area contributed by atoms with Gasteiger partial charge in [-0.05, 0) is 220 Å². The molecule has 0 saturated heterocycles. The summed E-state index contributed by atoms with van der Waals surface area (Å²) in [5.74, 6) is 0.241. The van der Waals surface area contributed by atoms with Crippen LogP contribution in [0.3, 0.4) is 0 Å². The van der Waals surface area contributed by atoms with Gasteiger partial charge in [0, 0.05) is 164 Å². The number of benzene rings is 6. The van der Waals surface area contributed by atoms with Gasteiger partial charge >= 0.3 is 30.6 Å². The molecule has 3 N–H and O–H groups in total. The van der Waals surface area contributed by atoms with Gasteiger partial charge in [-0.25, -0.2) is 14.2 Å². The van der Waals surface area contributed by atoms with Crippen LogP contribution in [0, 0.1) is 6.92 Å². The molecule has 3 saturated carbocycles. The summed E-state index contributed by atoms with van der Waals surface area (Å²) >= 11 is 0.